The number of nitrogens with zero attached hydrogens (tertiary/aromatic N) is 4. The summed E-state index contributed by atoms with van der Waals surface area (Å²) in [6.07, 6.45) is 3.10. The lowest BCUT2D eigenvalue weighted by Gasteiger charge is -2.23. The molecule has 1 aliphatic carbocycles. The number of fused-ring (bicyclic) bond motifs is 1. The lowest BCUT2D eigenvalue weighted by molar-refractivity contribution is 0.0438. The number of aromatic nitrogens is 4. The zero-order valence-corrected chi connectivity index (χ0v) is 16.5. The topological polar surface area (TPSA) is 107 Å². The van der Waals surface area contributed by atoms with Crippen LogP contribution in [0.2, 0.25) is 0 Å². The van der Waals surface area contributed by atoms with Crippen LogP contribution in [0.4, 0.5) is 5.82 Å². The number of hydrogen-bond acceptors (Lipinski definition) is 7. The van der Waals surface area contributed by atoms with E-state index in [9.17, 15) is 10.2 Å². The van der Waals surface area contributed by atoms with E-state index in [1.807, 2.05) is 36.1 Å². The number of benzene rings is 1. The molecule has 1 aromatic carbocycles. The highest BCUT2D eigenvalue weighted by molar-refractivity contribution is 5.93. The Morgan fingerprint density at radius 3 is 2.76 bits per heavy atom. The van der Waals surface area contributed by atoms with Crippen LogP contribution in [0.1, 0.15) is 33.1 Å². The van der Waals surface area contributed by atoms with Gasteiger partial charge in [0.1, 0.15) is 35.3 Å². The molecule has 0 spiro atoms. The number of aliphatic hydroxyl groups excluding tert-OH is 2. The maximum atomic E-state index is 10.1. The summed E-state index contributed by atoms with van der Waals surface area (Å²) >= 11 is 0. The molecule has 3 heterocycles. The van der Waals surface area contributed by atoms with Crippen LogP contribution < -0.4 is 9.64 Å². The molecular formula is C21H25N5O3. The Kier molecular flexibility index (Phi) is 4.22. The second kappa shape index (κ2) is 6.67. The van der Waals surface area contributed by atoms with Crippen LogP contribution >= 0.6 is 0 Å². The molecule has 1 saturated carbocycles. The molecule has 0 bridgehead atoms. The average Bonchev–Trinajstić information content (AvgIpc) is 3.31. The second-order valence-electron chi connectivity index (χ2n) is 8.13. The maximum Gasteiger partial charge on any atom is 0.133 e. The summed E-state index contributed by atoms with van der Waals surface area (Å²) in [6.45, 7) is 4.36. The van der Waals surface area contributed by atoms with Crippen LogP contribution in [0.5, 0.6) is 5.75 Å². The monoisotopic (exact) mass is 395 g/mol. The van der Waals surface area contributed by atoms with Gasteiger partial charge in [0.15, 0.2) is 0 Å². The number of H-pyrrole nitrogens is 1. The van der Waals surface area contributed by atoms with E-state index in [0.29, 0.717) is 18.1 Å². The molecule has 1 aliphatic heterocycles. The SMILES string of the molecule is CCC1(Oc2ccc3[nH]nc(-c4cc(N5C[C@H](O)[C@@H](O)[C@@H]5C)ncn4)c3c2)CC1. The first kappa shape index (κ1) is 18.3. The molecule has 2 aliphatic rings. The third kappa shape index (κ3) is 3.12. The Bertz CT molecular complexity index is 1050. The van der Waals surface area contributed by atoms with Crippen LogP contribution in [0.15, 0.2) is 30.6 Å². The smallest absolute Gasteiger partial charge is 0.133 e. The molecule has 3 N–H and O–H groups in total. The third-order valence-corrected chi connectivity index (χ3v) is 6.27. The lowest BCUT2D eigenvalue weighted by Crippen LogP contribution is -2.33. The Morgan fingerprint density at radius 2 is 2.07 bits per heavy atom. The Morgan fingerprint density at radius 1 is 1.24 bits per heavy atom. The average molecular weight is 395 g/mol. The number of nitrogens with one attached hydrogen (secondary N) is 1. The van der Waals surface area contributed by atoms with Crippen molar-refractivity contribution in [1.82, 2.24) is 20.2 Å². The van der Waals surface area contributed by atoms with E-state index < -0.39 is 12.2 Å². The van der Waals surface area contributed by atoms with E-state index in [-0.39, 0.29) is 11.6 Å². The van der Waals surface area contributed by atoms with Crippen molar-refractivity contribution in [3.8, 4) is 17.1 Å². The lowest BCUT2D eigenvalue weighted by atomic mass is 10.1. The summed E-state index contributed by atoms with van der Waals surface area (Å²) in [4.78, 5) is 10.6. The van der Waals surface area contributed by atoms with E-state index in [0.717, 1.165) is 41.6 Å². The van der Waals surface area contributed by atoms with Gasteiger partial charge in [0, 0.05) is 18.0 Å². The highest BCUT2D eigenvalue weighted by atomic mass is 16.5. The molecule has 152 valence electrons. The van der Waals surface area contributed by atoms with E-state index in [2.05, 4.69) is 27.1 Å². The van der Waals surface area contributed by atoms with E-state index >= 15 is 0 Å². The number of β-amino-alcohol motifs (C(OH)–C–C–N with tert-alkyl or cyclic N) is 1. The number of ether oxygens (including phenoxy) is 1. The van der Waals surface area contributed by atoms with Crippen LogP contribution in [0.3, 0.4) is 0 Å². The molecule has 3 atom stereocenters. The molecule has 3 aromatic rings. The van der Waals surface area contributed by atoms with Gasteiger partial charge in [-0.25, -0.2) is 9.97 Å². The summed E-state index contributed by atoms with van der Waals surface area (Å²) in [5, 5.41) is 28.5. The zero-order valence-electron chi connectivity index (χ0n) is 16.5. The highest BCUT2D eigenvalue weighted by Crippen LogP contribution is 2.43. The summed E-state index contributed by atoms with van der Waals surface area (Å²) < 4.78 is 6.23. The van der Waals surface area contributed by atoms with Gasteiger partial charge in [0.25, 0.3) is 0 Å². The summed E-state index contributed by atoms with van der Waals surface area (Å²) in [5.41, 5.74) is 2.31. The largest absolute Gasteiger partial charge is 0.487 e. The predicted molar refractivity (Wildman–Crippen MR) is 109 cm³/mol. The maximum absolute atomic E-state index is 10.1. The number of rotatable bonds is 5. The number of anilines is 1. The molecule has 2 aromatic heterocycles. The van der Waals surface area contributed by atoms with Crippen molar-refractivity contribution in [2.24, 2.45) is 0 Å². The van der Waals surface area contributed by atoms with E-state index in [1.165, 1.54) is 6.33 Å². The Labute approximate surface area is 168 Å². The van der Waals surface area contributed by atoms with Gasteiger partial charge >= 0.3 is 0 Å². The molecule has 0 radical (unpaired) electrons. The molecule has 5 rings (SSSR count). The van der Waals surface area contributed by atoms with Gasteiger partial charge in [-0.1, -0.05) is 6.92 Å². The molecule has 0 unspecified atom stereocenters. The number of aromatic amines is 1. The summed E-state index contributed by atoms with van der Waals surface area (Å²) in [5.74, 6) is 1.50. The Hall–Kier alpha value is -2.71. The minimum Gasteiger partial charge on any atom is -0.487 e. The van der Waals surface area contributed by atoms with Crippen molar-refractivity contribution in [3.63, 3.8) is 0 Å². The van der Waals surface area contributed by atoms with Crippen molar-refractivity contribution >= 4 is 16.7 Å². The van der Waals surface area contributed by atoms with Gasteiger partial charge in [-0.2, -0.15) is 5.10 Å². The van der Waals surface area contributed by atoms with E-state index in [1.54, 1.807) is 0 Å². The van der Waals surface area contributed by atoms with Gasteiger partial charge in [-0.05, 0) is 44.4 Å². The quantitative estimate of drug-likeness (QED) is 0.608. The number of hydrogen-bond donors (Lipinski definition) is 3. The predicted octanol–water partition coefficient (Wildman–Crippen LogP) is 2.27. The standard InChI is InChI=1S/C21H25N5O3/c1-3-21(6-7-21)29-13-4-5-15-14(8-13)19(25-24-15)16-9-18(23-11-22-16)26-10-17(27)20(28)12(26)2/h4-5,8-9,11-12,17,20,27-28H,3,6-7,10H2,1-2H3,(H,24,25)/t12-,17-,20-/m0/s1. The zero-order chi connectivity index (χ0) is 20.2. The van der Waals surface area contributed by atoms with Crippen molar-refractivity contribution in [2.45, 2.75) is 57.0 Å². The molecule has 2 fully saturated rings. The van der Waals surface area contributed by atoms with Gasteiger partial charge in [-0.3, -0.25) is 5.10 Å². The Balaban J connectivity index is 1.49. The van der Waals surface area contributed by atoms with Gasteiger partial charge in [-0.15, -0.1) is 0 Å². The molecule has 8 nitrogen and oxygen atoms in total. The minimum absolute atomic E-state index is 0.00672. The van der Waals surface area contributed by atoms with Crippen LogP contribution in [0.25, 0.3) is 22.3 Å². The molecular weight excluding hydrogens is 370 g/mol. The highest BCUT2D eigenvalue weighted by Gasteiger charge is 2.43. The fourth-order valence-corrected chi connectivity index (χ4v) is 4.09. The van der Waals surface area contributed by atoms with Crippen molar-refractivity contribution in [3.05, 3.63) is 30.6 Å². The first-order valence-corrected chi connectivity index (χ1v) is 10.1. The third-order valence-electron chi connectivity index (χ3n) is 6.27. The van der Waals surface area contributed by atoms with Crippen molar-refractivity contribution in [2.75, 3.05) is 11.4 Å². The number of aliphatic hydroxyl groups is 2. The molecule has 0 amide bonds. The minimum atomic E-state index is -0.798. The van der Waals surface area contributed by atoms with Crippen LogP contribution in [-0.4, -0.2) is 60.8 Å². The fourth-order valence-electron chi connectivity index (χ4n) is 4.09. The van der Waals surface area contributed by atoms with Crippen molar-refractivity contribution < 1.29 is 14.9 Å². The molecule has 1 saturated heterocycles. The first-order chi connectivity index (χ1) is 14.0. The van der Waals surface area contributed by atoms with Gasteiger partial charge in [0.05, 0.1) is 23.4 Å². The normalized spacial score (nSPS) is 25.5. The van der Waals surface area contributed by atoms with Crippen LogP contribution in [-0.2, 0) is 0 Å². The second-order valence-corrected chi connectivity index (χ2v) is 8.13. The first-order valence-electron chi connectivity index (χ1n) is 10.1. The molecule has 8 heteroatoms. The van der Waals surface area contributed by atoms with E-state index in [4.69, 9.17) is 4.74 Å². The van der Waals surface area contributed by atoms with Gasteiger partial charge in [0.2, 0.25) is 0 Å². The fraction of sp³-hybridized carbons (Fsp3) is 0.476. The molecule has 29 heavy (non-hydrogen) atoms. The van der Waals surface area contributed by atoms with Gasteiger partial charge < -0.3 is 19.8 Å². The summed E-state index contributed by atoms with van der Waals surface area (Å²) in [7, 11) is 0. The van der Waals surface area contributed by atoms with Crippen molar-refractivity contribution in [1.29, 1.82) is 0 Å². The van der Waals surface area contributed by atoms with Crippen LogP contribution in [0, 0.1) is 0 Å². The summed E-state index contributed by atoms with van der Waals surface area (Å²) in [6, 6.07) is 7.58.